The molecule has 2 atom stereocenters. The minimum Gasteiger partial charge on any atom is -0.506 e. The Bertz CT molecular complexity index is 513. The molecule has 1 aliphatic rings. The molecule has 20 heavy (non-hydrogen) atoms. The molecule has 2 rings (SSSR count). The van der Waals surface area contributed by atoms with Crippen molar-refractivity contribution >= 4 is 5.84 Å². The number of aliphatic imine (C=N–C) groups is 1. The van der Waals surface area contributed by atoms with E-state index in [1.54, 1.807) is 23.4 Å². The molecule has 0 radical (unpaired) electrons. The van der Waals surface area contributed by atoms with Crippen LogP contribution in [0.15, 0.2) is 35.4 Å². The maximum atomic E-state index is 10.2. The van der Waals surface area contributed by atoms with Crippen molar-refractivity contribution in [1.82, 2.24) is 14.9 Å². The van der Waals surface area contributed by atoms with E-state index in [1.165, 1.54) is 6.20 Å². The van der Waals surface area contributed by atoms with Crippen molar-refractivity contribution < 1.29 is 10.2 Å². The van der Waals surface area contributed by atoms with Gasteiger partial charge in [0.25, 0.3) is 0 Å². The van der Waals surface area contributed by atoms with Gasteiger partial charge in [0.2, 0.25) is 0 Å². The molecule has 6 nitrogen and oxygen atoms in total. The second kappa shape index (κ2) is 6.00. The maximum absolute atomic E-state index is 10.2. The SMILES string of the molecule is CC(C)CC(C)N1C(c2ncccn2)=NC=C(O)C1O. The van der Waals surface area contributed by atoms with E-state index in [1.807, 2.05) is 6.92 Å². The van der Waals surface area contributed by atoms with Crippen molar-refractivity contribution in [1.29, 1.82) is 0 Å². The van der Waals surface area contributed by atoms with Gasteiger partial charge in [-0.2, -0.15) is 0 Å². The summed E-state index contributed by atoms with van der Waals surface area (Å²) >= 11 is 0. The van der Waals surface area contributed by atoms with Crippen molar-refractivity contribution in [3.05, 3.63) is 36.2 Å². The summed E-state index contributed by atoms with van der Waals surface area (Å²) in [6, 6.07) is 1.72. The second-order valence-corrected chi connectivity index (χ2v) is 5.34. The average molecular weight is 276 g/mol. The van der Waals surface area contributed by atoms with Gasteiger partial charge in [-0.05, 0) is 25.3 Å². The molecule has 0 amide bonds. The van der Waals surface area contributed by atoms with Gasteiger partial charge in [0.1, 0.15) is 0 Å². The van der Waals surface area contributed by atoms with Gasteiger partial charge in [0.05, 0.1) is 6.20 Å². The summed E-state index contributed by atoms with van der Waals surface area (Å²) in [5, 5.41) is 19.9. The Morgan fingerprint density at radius 2 is 1.90 bits per heavy atom. The van der Waals surface area contributed by atoms with E-state index in [0.29, 0.717) is 17.6 Å². The molecule has 1 aromatic rings. The summed E-state index contributed by atoms with van der Waals surface area (Å²) in [6.07, 6.45) is 4.24. The molecular formula is C14H20N4O2. The lowest BCUT2D eigenvalue weighted by Crippen LogP contribution is -2.49. The normalized spacial score (nSPS) is 20.6. The molecule has 0 spiro atoms. The first-order valence-electron chi connectivity index (χ1n) is 6.71. The van der Waals surface area contributed by atoms with E-state index in [0.717, 1.165) is 6.42 Å². The van der Waals surface area contributed by atoms with Crippen LogP contribution in [0.1, 0.15) is 33.0 Å². The molecule has 6 heteroatoms. The zero-order chi connectivity index (χ0) is 14.7. The molecule has 108 valence electrons. The number of nitrogens with zero attached hydrogens (tertiary/aromatic N) is 4. The molecule has 0 saturated heterocycles. The third kappa shape index (κ3) is 2.96. The van der Waals surface area contributed by atoms with Crippen LogP contribution in [0.2, 0.25) is 0 Å². The Morgan fingerprint density at radius 1 is 1.25 bits per heavy atom. The quantitative estimate of drug-likeness (QED) is 0.874. The van der Waals surface area contributed by atoms with Crippen LogP contribution in [-0.4, -0.2) is 43.2 Å². The highest BCUT2D eigenvalue weighted by molar-refractivity contribution is 5.96. The van der Waals surface area contributed by atoms with Gasteiger partial charge in [-0.3, -0.25) is 0 Å². The minimum atomic E-state index is -1.11. The number of aromatic nitrogens is 2. The zero-order valence-corrected chi connectivity index (χ0v) is 11.9. The standard InChI is InChI=1S/C14H20N4O2/c1-9(2)7-10(3)18-13(12-15-5-4-6-16-12)17-8-11(19)14(18)20/h4-6,8-10,14,19-20H,7H2,1-3H3. The van der Waals surface area contributed by atoms with E-state index in [2.05, 4.69) is 28.8 Å². The van der Waals surface area contributed by atoms with E-state index >= 15 is 0 Å². The van der Waals surface area contributed by atoms with E-state index in [4.69, 9.17) is 0 Å². The van der Waals surface area contributed by atoms with Crippen LogP contribution in [-0.2, 0) is 0 Å². The average Bonchev–Trinajstić information content (AvgIpc) is 2.41. The topological polar surface area (TPSA) is 81.8 Å². The Labute approximate surface area is 118 Å². The smallest absolute Gasteiger partial charge is 0.195 e. The van der Waals surface area contributed by atoms with Gasteiger partial charge in [0, 0.05) is 18.4 Å². The molecule has 1 aromatic heterocycles. The van der Waals surface area contributed by atoms with Crippen LogP contribution in [0.25, 0.3) is 0 Å². The third-order valence-electron chi connectivity index (χ3n) is 3.14. The lowest BCUT2D eigenvalue weighted by atomic mass is 10.0. The molecule has 0 aliphatic carbocycles. The van der Waals surface area contributed by atoms with Crippen molar-refractivity contribution in [2.24, 2.45) is 10.9 Å². The summed E-state index contributed by atoms with van der Waals surface area (Å²) < 4.78 is 0. The van der Waals surface area contributed by atoms with Crippen LogP contribution in [0, 0.1) is 5.92 Å². The highest BCUT2D eigenvalue weighted by atomic mass is 16.3. The first kappa shape index (κ1) is 14.5. The summed E-state index contributed by atoms with van der Waals surface area (Å²) in [7, 11) is 0. The minimum absolute atomic E-state index is 0.00315. The first-order chi connectivity index (χ1) is 9.50. The van der Waals surface area contributed by atoms with Crippen molar-refractivity contribution in [2.45, 2.75) is 39.5 Å². The molecule has 0 saturated carbocycles. The van der Waals surface area contributed by atoms with E-state index in [9.17, 15) is 10.2 Å². The Hall–Kier alpha value is -1.95. The number of aliphatic hydroxyl groups excluding tert-OH is 2. The molecule has 1 aliphatic heterocycles. The predicted molar refractivity (Wildman–Crippen MR) is 76.0 cm³/mol. The van der Waals surface area contributed by atoms with Crippen LogP contribution in [0.5, 0.6) is 0 Å². The van der Waals surface area contributed by atoms with Crippen LogP contribution < -0.4 is 0 Å². The van der Waals surface area contributed by atoms with Gasteiger partial charge in [-0.15, -0.1) is 0 Å². The number of hydrogen-bond donors (Lipinski definition) is 2. The third-order valence-corrected chi connectivity index (χ3v) is 3.14. The van der Waals surface area contributed by atoms with Crippen molar-refractivity contribution in [3.63, 3.8) is 0 Å². The zero-order valence-electron chi connectivity index (χ0n) is 11.9. The summed E-state index contributed by atoms with van der Waals surface area (Å²) in [5.41, 5.74) is 0. The van der Waals surface area contributed by atoms with E-state index < -0.39 is 6.23 Å². The van der Waals surface area contributed by atoms with Crippen LogP contribution in [0.3, 0.4) is 0 Å². The lowest BCUT2D eigenvalue weighted by Gasteiger charge is -2.37. The molecular weight excluding hydrogens is 256 g/mol. The fourth-order valence-corrected chi connectivity index (χ4v) is 2.35. The fraction of sp³-hybridized carbons (Fsp3) is 0.500. The molecule has 0 bridgehead atoms. The number of amidine groups is 1. The van der Waals surface area contributed by atoms with Gasteiger partial charge >= 0.3 is 0 Å². The van der Waals surface area contributed by atoms with Gasteiger partial charge in [0.15, 0.2) is 23.6 Å². The summed E-state index contributed by atoms with van der Waals surface area (Å²) in [4.78, 5) is 14.2. The van der Waals surface area contributed by atoms with Crippen LogP contribution >= 0.6 is 0 Å². The summed E-state index contributed by atoms with van der Waals surface area (Å²) in [5.74, 6) is 1.21. The Morgan fingerprint density at radius 3 is 2.50 bits per heavy atom. The first-order valence-corrected chi connectivity index (χ1v) is 6.71. The monoisotopic (exact) mass is 276 g/mol. The summed E-state index contributed by atoms with van der Waals surface area (Å²) in [6.45, 7) is 6.21. The largest absolute Gasteiger partial charge is 0.506 e. The second-order valence-electron chi connectivity index (χ2n) is 5.34. The highest BCUT2D eigenvalue weighted by Crippen LogP contribution is 2.22. The number of rotatable bonds is 4. The molecule has 2 unspecified atom stereocenters. The van der Waals surface area contributed by atoms with Gasteiger partial charge in [-0.25, -0.2) is 15.0 Å². The molecule has 2 N–H and O–H groups in total. The fourth-order valence-electron chi connectivity index (χ4n) is 2.35. The highest BCUT2D eigenvalue weighted by Gasteiger charge is 2.32. The number of aliphatic hydroxyl groups is 2. The number of hydrogen-bond acceptors (Lipinski definition) is 6. The molecule has 0 aromatic carbocycles. The Balaban J connectivity index is 2.35. The Kier molecular flexibility index (Phi) is 4.34. The lowest BCUT2D eigenvalue weighted by molar-refractivity contribution is 0.0207. The van der Waals surface area contributed by atoms with Gasteiger partial charge < -0.3 is 15.1 Å². The molecule has 2 heterocycles. The maximum Gasteiger partial charge on any atom is 0.195 e. The van der Waals surface area contributed by atoms with Crippen LogP contribution in [0.4, 0.5) is 0 Å². The predicted octanol–water partition coefficient (Wildman–Crippen LogP) is 1.69. The van der Waals surface area contributed by atoms with Crippen molar-refractivity contribution in [3.8, 4) is 0 Å². The van der Waals surface area contributed by atoms with Gasteiger partial charge in [-0.1, -0.05) is 13.8 Å². The molecule has 0 fully saturated rings. The van der Waals surface area contributed by atoms with Crippen molar-refractivity contribution in [2.75, 3.05) is 0 Å². The van der Waals surface area contributed by atoms with E-state index in [-0.39, 0.29) is 11.8 Å².